The number of ether oxygens (including phenoxy) is 2. The van der Waals surface area contributed by atoms with Crippen molar-refractivity contribution in [3.8, 4) is 5.88 Å². The van der Waals surface area contributed by atoms with Crippen LogP contribution in [0.2, 0.25) is 0 Å². The number of hydrogen-bond acceptors (Lipinski definition) is 4. The highest BCUT2D eigenvalue weighted by molar-refractivity contribution is 5.28. The van der Waals surface area contributed by atoms with Gasteiger partial charge in [-0.05, 0) is 39.3 Å². The Balaban J connectivity index is 2.06. The fraction of sp³-hybridized carbons (Fsp3) is 0.667. The number of nitrogens with zero attached hydrogens (tertiary/aromatic N) is 1. The zero-order valence-electron chi connectivity index (χ0n) is 12.1. The lowest BCUT2D eigenvalue weighted by Gasteiger charge is -2.29. The fourth-order valence-corrected chi connectivity index (χ4v) is 2.57. The van der Waals surface area contributed by atoms with Crippen LogP contribution in [0.25, 0.3) is 0 Å². The van der Waals surface area contributed by atoms with Crippen molar-refractivity contribution in [3.63, 3.8) is 0 Å². The first-order valence-corrected chi connectivity index (χ1v) is 7.06. The Labute approximate surface area is 115 Å². The van der Waals surface area contributed by atoms with E-state index in [2.05, 4.69) is 23.3 Å². The van der Waals surface area contributed by atoms with Crippen LogP contribution in [0.3, 0.4) is 0 Å². The number of rotatable bonds is 5. The van der Waals surface area contributed by atoms with Crippen LogP contribution in [0, 0.1) is 0 Å². The molecule has 1 fully saturated rings. The van der Waals surface area contributed by atoms with E-state index in [1.54, 1.807) is 13.3 Å². The molecule has 1 aliphatic carbocycles. The first-order valence-electron chi connectivity index (χ1n) is 7.06. The van der Waals surface area contributed by atoms with Crippen LogP contribution in [-0.4, -0.2) is 31.3 Å². The zero-order chi connectivity index (χ0) is 13.7. The summed E-state index contributed by atoms with van der Waals surface area (Å²) in [5.74, 6) is 0.756. The Morgan fingerprint density at radius 3 is 2.89 bits per heavy atom. The van der Waals surface area contributed by atoms with Gasteiger partial charge in [0.15, 0.2) is 0 Å². The Morgan fingerprint density at radius 1 is 1.37 bits per heavy atom. The van der Waals surface area contributed by atoms with Crippen molar-refractivity contribution in [1.29, 1.82) is 0 Å². The lowest BCUT2D eigenvalue weighted by molar-refractivity contribution is 0.0190. The standard InChI is InChI=1S/C15H24N2O2/c1-11(16-2)14-8-5-9-17-15(14)19-13-7-4-6-12(10-13)18-3/h5,8-9,11-13,16H,4,6-7,10H2,1-3H3. The second-order valence-electron chi connectivity index (χ2n) is 5.17. The average Bonchev–Trinajstić information content (AvgIpc) is 2.47. The summed E-state index contributed by atoms with van der Waals surface area (Å²) >= 11 is 0. The summed E-state index contributed by atoms with van der Waals surface area (Å²) in [6, 6.07) is 4.26. The van der Waals surface area contributed by atoms with E-state index in [1.165, 1.54) is 0 Å². The lowest BCUT2D eigenvalue weighted by atomic mass is 9.95. The minimum Gasteiger partial charge on any atom is -0.474 e. The van der Waals surface area contributed by atoms with E-state index in [9.17, 15) is 0 Å². The van der Waals surface area contributed by atoms with Gasteiger partial charge in [0.2, 0.25) is 5.88 Å². The summed E-state index contributed by atoms with van der Waals surface area (Å²) in [6.45, 7) is 2.11. The van der Waals surface area contributed by atoms with Crippen LogP contribution >= 0.6 is 0 Å². The van der Waals surface area contributed by atoms with Crippen molar-refractivity contribution in [2.75, 3.05) is 14.2 Å². The topological polar surface area (TPSA) is 43.4 Å². The van der Waals surface area contributed by atoms with Gasteiger partial charge >= 0.3 is 0 Å². The van der Waals surface area contributed by atoms with Crippen LogP contribution in [-0.2, 0) is 4.74 Å². The van der Waals surface area contributed by atoms with E-state index in [0.717, 1.165) is 37.1 Å². The molecule has 2 rings (SSSR count). The highest BCUT2D eigenvalue weighted by atomic mass is 16.5. The molecule has 4 heteroatoms. The molecule has 0 aromatic carbocycles. The van der Waals surface area contributed by atoms with Crippen LogP contribution in [0.1, 0.15) is 44.2 Å². The SMILES string of the molecule is CNC(C)c1cccnc1OC1CCCC(OC)C1. The number of nitrogens with one attached hydrogen (secondary N) is 1. The number of aromatic nitrogens is 1. The fourth-order valence-electron chi connectivity index (χ4n) is 2.57. The Bertz CT molecular complexity index is 397. The molecule has 1 heterocycles. The molecule has 4 nitrogen and oxygen atoms in total. The van der Waals surface area contributed by atoms with Crippen molar-refractivity contribution in [2.45, 2.75) is 50.9 Å². The summed E-state index contributed by atoms with van der Waals surface area (Å²) in [5, 5.41) is 3.23. The van der Waals surface area contributed by atoms with E-state index < -0.39 is 0 Å². The monoisotopic (exact) mass is 264 g/mol. The highest BCUT2D eigenvalue weighted by Gasteiger charge is 2.24. The number of pyridine rings is 1. The molecule has 0 aliphatic heterocycles. The van der Waals surface area contributed by atoms with Crippen LogP contribution < -0.4 is 10.1 Å². The van der Waals surface area contributed by atoms with Crippen LogP contribution in [0.4, 0.5) is 0 Å². The molecule has 19 heavy (non-hydrogen) atoms. The Kier molecular flexibility index (Phi) is 5.16. The molecular formula is C15H24N2O2. The maximum atomic E-state index is 6.11. The summed E-state index contributed by atoms with van der Waals surface area (Å²) < 4.78 is 11.6. The van der Waals surface area contributed by atoms with Gasteiger partial charge in [-0.1, -0.05) is 6.07 Å². The molecule has 106 valence electrons. The maximum Gasteiger partial charge on any atom is 0.218 e. The first kappa shape index (κ1) is 14.3. The van der Waals surface area contributed by atoms with Gasteiger partial charge in [0, 0.05) is 31.3 Å². The van der Waals surface area contributed by atoms with Gasteiger partial charge < -0.3 is 14.8 Å². The Morgan fingerprint density at radius 2 is 2.16 bits per heavy atom. The molecule has 0 bridgehead atoms. The molecule has 1 aromatic heterocycles. The van der Waals surface area contributed by atoms with Crippen molar-refractivity contribution < 1.29 is 9.47 Å². The second-order valence-corrected chi connectivity index (χ2v) is 5.17. The summed E-state index contributed by atoms with van der Waals surface area (Å²) in [4.78, 5) is 4.39. The molecule has 1 N–H and O–H groups in total. The molecule has 3 atom stereocenters. The predicted octanol–water partition coefficient (Wildman–Crippen LogP) is 2.70. The van der Waals surface area contributed by atoms with Gasteiger partial charge in [0.1, 0.15) is 6.10 Å². The van der Waals surface area contributed by atoms with Gasteiger partial charge in [0.25, 0.3) is 0 Å². The smallest absolute Gasteiger partial charge is 0.218 e. The normalized spacial score (nSPS) is 25.0. The van der Waals surface area contributed by atoms with Crippen molar-refractivity contribution in [2.24, 2.45) is 0 Å². The third-order valence-electron chi connectivity index (χ3n) is 3.89. The second kappa shape index (κ2) is 6.87. The van der Waals surface area contributed by atoms with Gasteiger partial charge in [-0.25, -0.2) is 4.98 Å². The molecule has 1 aliphatic rings. The molecular weight excluding hydrogens is 240 g/mol. The Hall–Kier alpha value is -1.13. The third kappa shape index (κ3) is 3.67. The molecule has 0 spiro atoms. The van der Waals surface area contributed by atoms with Gasteiger partial charge in [0.05, 0.1) is 6.10 Å². The quantitative estimate of drug-likeness (QED) is 0.888. The van der Waals surface area contributed by atoms with E-state index >= 15 is 0 Å². The van der Waals surface area contributed by atoms with Crippen molar-refractivity contribution in [1.82, 2.24) is 10.3 Å². The van der Waals surface area contributed by atoms with Crippen molar-refractivity contribution >= 4 is 0 Å². The molecule has 0 amide bonds. The minimum atomic E-state index is 0.219. The molecule has 0 radical (unpaired) electrons. The van der Waals surface area contributed by atoms with Crippen LogP contribution in [0.15, 0.2) is 18.3 Å². The molecule has 0 saturated heterocycles. The summed E-state index contributed by atoms with van der Waals surface area (Å²) in [7, 11) is 3.73. The zero-order valence-corrected chi connectivity index (χ0v) is 12.1. The third-order valence-corrected chi connectivity index (χ3v) is 3.89. The lowest BCUT2D eigenvalue weighted by Crippen LogP contribution is -2.30. The average molecular weight is 264 g/mol. The summed E-state index contributed by atoms with van der Waals surface area (Å²) in [6.07, 6.45) is 6.68. The van der Waals surface area contributed by atoms with Crippen molar-refractivity contribution in [3.05, 3.63) is 23.9 Å². The molecule has 1 aromatic rings. The molecule has 3 unspecified atom stereocenters. The minimum absolute atomic E-state index is 0.219. The van der Waals surface area contributed by atoms with Gasteiger partial charge in [-0.2, -0.15) is 0 Å². The van der Waals surface area contributed by atoms with E-state index in [4.69, 9.17) is 9.47 Å². The number of hydrogen-bond donors (Lipinski definition) is 1. The van der Waals surface area contributed by atoms with Gasteiger partial charge in [-0.15, -0.1) is 0 Å². The highest BCUT2D eigenvalue weighted by Crippen LogP contribution is 2.28. The number of methoxy groups -OCH3 is 1. The summed E-state index contributed by atoms with van der Waals surface area (Å²) in [5.41, 5.74) is 1.12. The van der Waals surface area contributed by atoms with E-state index in [1.807, 2.05) is 13.1 Å². The largest absolute Gasteiger partial charge is 0.474 e. The first-order chi connectivity index (χ1) is 9.24. The molecule has 1 saturated carbocycles. The van der Waals surface area contributed by atoms with Crippen LogP contribution in [0.5, 0.6) is 5.88 Å². The maximum absolute atomic E-state index is 6.11. The van der Waals surface area contributed by atoms with E-state index in [0.29, 0.717) is 6.10 Å². The van der Waals surface area contributed by atoms with Gasteiger partial charge in [-0.3, -0.25) is 0 Å². The predicted molar refractivity (Wildman–Crippen MR) is 75.4 cm³/mol. The van der Waals surface area contributed by atoms with E-state index in [-0.39, 0.29) is 12.1 Å².